The summed E-state index contributed by atoms with van der Waals surface area (Å²) < 4.78 is 0. The second-order valence-electron chi connectivity index (χ2n) is 1.96. The van der Waals surface area contributed by atoms with Crippen LogP contribution in [0.25, 0.3) is 0 Å². The van der Waals surface area contributed by atoms with Gasteiger partial charge in [0.15, 0.2) is 0 Å². The zero-order chi connectivity index (χ0) is 5.98. The van der Waals surface area contributed by atoms with Gasteiger partial charge < -0.3 is 10.4 Å². The number of aliphatic hydroxyl groups is 1. The van der Waals surface area contributed by atoms with Gasteiger partial charge in [-0.25, -0.2) is 0 Å². The summed E-state index contributed by atoms with van der Waals surface area (Å²) in [5.41, 5.74) is 0. The van der Waals surface area contributed by atoms with Crippen LogP contribution in [-0.4, -0.2) is 30.1 Å². The largest absolute Gasteiger partial charge is 0.389 e. The van der Waals surface area contributed by atoms with Crippen LogP contribution in [0, 0.1) is 0 Å². The van der Waals surface area contributed by atoms with Gasteiger partial charge in [0, 0.05) is 6.54 Å². The molecule has 0 saturated carbocycles. The van der Waals surface area contributed by atoms with Crippen LogP contribution in [0.4, 0.5) is 0 Å². The van der Waals surface area contributed by atoms with Crippen LogP contribution in [0.3, 0.4) is 0 Å². The minimum absolute atomic E-state index is 0.279. The van der Waals surface area contributed by atoms with E-state index in [9.17, 15) is 0 Å². The SMILES string of the molecule is CC1=NC[C@@H](O)CN1. The van der Waals surface area contributed by atoms with E-state index in [-0.39, 0.29) is 6.10 Å². The Hall–Kier alpha value is -0.570. The third-order valence-corrected chi connectivity index (χ3v) is 1.13. The average molecular weight is 114 g/mol. The van der Waals surface area contributed by atoms with Gasteiger partial charge in [0.25, 0.3) is 0 Å². The van der Waals surface area contributed by atoms with Crippen LogP contribution < -0.4 is 5.32 Å². The second kappa shape index (κ2) is 2.13. The maximum atomic E-state index is 8.86. The Morgan fingerprint density at radius 1 is 1.88 bits per heavy atom. The van der Waals surface area contributed by atoms with Crippen LogP contribution in [0.2, 0.25) is 0 Å². The summed E-state index contributed by atoms with van der Waals surface area (Å²) in [6.07, 6.45) is -0.279. The van der Waals surface area contributed by atoms with Crippen molar-refractivity contribution >= 4 is 5.84 Å². The minimum Gasteiger partial charge on any atom is -0.389 e. The van der Waals surface area contributed by atoms with Crippen LogP contribution in [0.15, 0.2) is 4.99 Å². The Balaban J connectivity index is 2.42. The Bertz CT molecular complexity index is 111. The lowest BCUT2D eigenvalue weighted by Crippen LogP contribution is -2.37. The molecule has 0 aromatic heterocycles. The standard InChI is InChI=1S/C5H10N2O/c1-4-6-2-5(8)3-7-4/h5,8H,2-3H2,1H3,(H,6,7). The van der Waals surface area contributed by atoms with Crippen molar-refractivity contribution in [3.05, 3.63) is 0 Å². The van der Waals surface area contributed by atoms with E-state index in [2.05, 4.69) is 10.3 Å². The Labute approximate surface area is 48.4 Å². The summed E-state index contributed by atoms with van der Waals surface area (Å²) >= 11 is 0. The summed E-state index contributed by atoms with van der Waals surface area (Å²) in [5.74, 6) is 0.926. The molecular formula is C5H10N2O. The molecule has 0 fully saturated rings. The van der Waals surface area contributed by atoms with Gasteiger partial charge in [0.05, 0.1) is 18.5 Å². The summed E-state index contributed by atoms with van der Waals surface area (Å²) in [7, 11) is 0. The fraction of sp³-hybridized carbons (Fsp3) is 0.800. The maximum Gasteiger partial charge on any atom is 0.0933 e. The Morgan fingerprint density at radius 2 is 2.62 bits per heavy atom. The van der Waals surface area contributed by atoms with E-state index in [0.717, 1.165) is 5.84 Å². The quantitative estimate of drug-likeness (QED) is 0.440. The number of aliphatic imine (C=N–C) groups is 1. The topological polar surface area (TPSA) is 44.6 Å². The van der Waals surface area contributed by atoms with E-state index in [1.807, 2.05) is 6.92 Å². The third-order valence-electron chi connectivity index (χ3n) is 1.13. The van der Waals surface area contributed by atoms with Crippen molar-refractivity contribution in [3.63, 3.8) is 0 Å². The van der Waals surface area contributed by atoms with Crippen LogP contribution in [-0.2, 0) is 0 Å². The Kier molecular flexibility index (Phi) is 1.48. The number of hydrogen-bond donors (Lipinski definition) is 2. The highest BCUT2D eigenvalue weighted by atomic mass is 16.3. The molecule has 1 aliphatic heterocycles. The molecule has 0 bridgehead atoms. The first kappa shape index (κ1) is 5.56. The van der Waals surface area contributed by atoms with E-state index >= 15 is 0 Å². The zero-order valence-electron chi connectivity index (χ0n) is 4.89. The second-order valence-corrected chi connectivity index (χ2v) is 1.96. The fourth-order valence-corrected chi connectivity index (χ4v) is 0.628. The highest BCUT2D eigenvalue weighted by Crippen LogP contribution is 1.88. The van der Waals surface area contributed by atoms with Gasteiger partial charge in [-0.3, -0.25) is 4.99 Å². The third kappa shape index (κ3) is 1.20. The number of hydrogen-bond acceptors (Lipinski definition) is 3. The number of rotatable bonds is 0. The first-order valence-corrected chi connectivity index (χ1v) is 2.72. The highest BCUT2D eigenvalue weighted by molar-refractivity contribution is 5.80. The normalized spacial score (nSPS) is 28.8. The molecule has 0 aromatic rings. The van der Waals surface area contributed by atoms with Crippen molar-refractivity contribution < 1.29 is 5.11 Å². The lowest BCUT2D eigenvalue weighted by atomic mass is 10.3. The summed E-state index contributed by atoms with van der Waals surface area (Å²) in [6.45, 7) is 3.10. The smallest absolute Gasteiger partial charge is 0.0933 e. The van der Waals surface area contributed by atoms with Crippen molar-refractivity contribution in [2.24, 2.45) is 4.99 Å². The predicted octanol–water partition coefficient (Wildman–Crippen LogP) is -0.631. The molecule has 0 radical (unpaired) electrons. The number of nitrogens with zero attached hydrogens (tertiary/aromatic N) is 1. The highest BCUT2D eigenvalue weighted by Gasteiger charge is 2.06. The molecule has 0 spiro atoms. The monoisotopic (exact) mass is 114 g/mol. The van der Waals surface area contributed by atoms with Gasteiger partial charge in [0.2, 0.25) is 0 Å². The molecule has 2 N–H and O–H groups in total. The van der Waals surface area contributed by atoms with Gasteiger partial charge in [-0.15, -0.1) is 0 Å². The number of amidine groups is 1. The number of β-amino-alcohol motifs (C(OH)–C–C–N with tert-alkyl or cyclic N) is 1. The van der Waals surface area contributed by atoms with E-state index in [0.29, 0.717) is 13.1 Å². The van der Waals surface area contributed by atoms with Gasteiger partial charge in [0.1, 0.15) is 0 Å². The first-order chi connectivity index (χ1) is 3.79. The fourth-order valence-electron chi connectivity index (χ4n) is 0.628. The van der Waals surface area contributed by atoms with E-state index in [1.54, 1.807) is 0 Å². The Morgan fingerprint density at radius 3 is 3.00 bits per heavy atom. The molecule has 3 heteroatoms. The molecule has 3 nitrogen and oxygen atoms in total. The molecule has 0 saturated heterocycles. The first-order valence-electron chi connectivity index (χ1n) is 2.72. The van der Waals surface area contributed by atoms with Crippen LogP contribution in [0.5, 0.6) is 0 Å². The molecule has 1 heterocycles. The van der Waals surface area contributed by atoms with Crippen molar-refractivity contribution in [2.45, 2.75) is 13.0 Å². The molecule has 0 aromatic carbocycles. The number of aliphatic hydroxyl groups excluding tert-OH is 1. The van der Waals surface area contributed by atoms with E-state index in [1.165, 1.54) is 0 Å². The number of nitrogens with one attached hydrogen (secondary N) is 1. The van der Waals surface area contributed by atoms with E-state index < -0.39 is 0 Å². The van der Waals surface area contributed by atoms with Crippen molar-refractivity contribution in [1.29, 1.82) is 0 Å². The average Bonchev–Trinajstić information content (AvgIpc) is 1.77. The lowest BCUT2D eigenvalue weighted by molar-refractivity contribution is 0.181. The molecule has 0 aliphatic carbocycles. The maximum absolute atomic E-state index is 8.86. The van der Waals surface area contributed by atoms with Crippen LogP contribution >= 0.6 is 0 Å². The van der Waals surface area contributed by atoms with Gasteiger partial charge in [-0.1, -0.05) is 0 Å². The molecule has 8 heavy (non-hydrogen) atoms. The van der Waals surface area contributed by atoms with Crippen molar-refractivity contribution in [2.75, 3.05) is 13.1 Å². The van der Waals surface area contributed by atoms with Gasteiger partial charge >= 0.3 is 0 Å². The van der Waals surface area contributed by atoms with Gasteiger partial charge in [-0.05, 0) is 6.92 Å². The minimum atomic E-state index is -0.279. The summed E-state index contributed by atoms with van der Waals surface area (Å²) in [5, 5.41) is 11.8. The molecule has 46 valence electrons. The van der Waals surface area contributed by atoms with Crippen LogP contribution in [0.1, 0.15) is 6.92 Å². The van der Waals surface area contributed by atoms with Crippen molar-refractivity contribution in [1.82, 2.24) is 5.32 Å². The summed E-state index contributed by atoms with van der Waals surface area (Å²) in [6, 6.07) is 0. The van der Waals surface area contributed by atoms with Crippen molar-refractivity contribution in [3.8, 4) is 0 Å². The summed E-state index contributed by atoms with van der Waals surface area (Å²) in [4.78, 5) is 3.97. The molecule has 0 unspecified atom stereocenters. The molecule has 0 amide bonds. The molecule has 1 atom stereocenters. The lowest BCUT2D eigenvalue weighted by Gasteiger charge is -2.15. The van der Waals surface area contributed by atoms with Gasteiger partial charge in [-0.2, -0.15) is 0 Å². The predicted molar refractivity (Wildman–Crippen MR) is 32.0 cm³/mol. The zero-order valence-corrected chi connectivity index (χ0v) is 4.89. The molecule has 1 aliphatic rings. The van der Waals surface area contributed by atoms with E-state index in [4.69, 9.17) is 5.11 Å². The molecular weight excluding hydrogens is 104 g/mol. The molecule has 1 rings (SSSR count).